The third kappa shape index (κ3) is 5.46. The zero-order valence-electron chi connectivity index (χ0n) is 14.9. The normalized spacial score (nSPS) is 16.8. The molecule has 0 bridgehead atoms. The fourth-order valence-corrected chi connectivity index (χ4v) is 4.46. The molecule has 1 heterocycles. The third-order valence-electron chi connectivity index (χ3n) is 4.42. The molecule has 2 aromatic carbocycles. The molecule has 28 heavy (non-hydrogen) atoms. The fourth-order valence-electron chi connectivity index (χ4n) is 2.99. The summed E-state index contributed by atoms with van der Waals surface area (Å²) in [5.74, 6) is -0.459. The standard InChI is InChI=1S/C19H20F3NO4S/c20-19(21,22)27-17-6-8-18(9-7-17)28(24,25)23-12-10-16(11-13-23)26-14-15-4-2-1-3-5-15/h1-9,16H,10-14H2. The van der Waals surface area contributed by atoms with Crippen LogP contribution in [0.5, 0.6) is 5.75 Å². The Balaban J connectivity index is 1.55. The van der Waals surface area contributed by atoms with Gasteiger partial charge in [-0.3, -0.25) is 0 Å². The molecule has 0 unspecified atom stereocenters. The van der Waals surface area contributed by atoms with Crippen molar-refractivity contribution in [2.75, 3.05) is 13.1 Å². The first-order chi connectivity index (χ1) is 13.2. The molecule has 0 amide bonds. The Morgan fingerprint density at radius 3 is 2.14 bits per heavy atom. The molecule has 1 aliphatic rings. The number of halogens is 3. The molecule has 0 spiro atoms. The van der Waals surface area contributed by atoms with Crippen LogP contribution in [0, 0.1) is 0 Å². The van der Waals surface area contributed by atoms with E-state index in [1.807, 2.05) is 30.3 Å². The zero-order chi connectivity index (χ0) is 20.2. The van der Waals surface area contributed by atoms with Gasteiger partial charge in [0, 0.05) is 13.1 Å². The van der Waals surface area contributed by atoms with Gasteiger partial charge in [0.05, 0.1) is 17.6 Å². The maximum atomic E-state index is 12.7. The van der Waals surface area contributed by atoms with Crippen molar-refractivity contribution in [3.05, 3.63) is 60.2 Å². The molecule has 0 aromatic heterocycles. The second kappa shape index (κ2) is 8.50. The SMILES string of the molecule is O=S(=O)(c1ccc(OC(F)(F)F)cc1)N1CCC(OCc2ccccc2)CC1. The minimum absolute atomic E-state index is 0.0331. The highest BCUT2D eigenvalue weighted by Crippen LogP contribution is 2.27. The molecule has 1 aliphatic heterocycles. The molecule has 1 fully saturated rings. The third-order valence-corrected chi connectivity index (χ3v) is 6.34. The number of hydrogen-bond acceptors (Lipinski definition) is 4. The van der Waals surface area contributed by atoms with Crippen LogP contribution in [-0.4, -0.2) is 38.3 Å². The van der Waals surface area contributed by atoms with Crippen LogP contribution in [-0.2, 0) is 21.4 Å². The Morgan fingerprint density at radius 2 is 1.57 bits per heavy atom. The molecule has 5 nitrogen and oxygen atoms in total. The lowest BCUT2D eigenvalue weighted by Gasteiger charge is -2.31. The van der Waals surface area contributed by atoms with Gasteiger partial charge in [-0.2, -0.15) is 4.31 Å². The average molecular weight is 415 g/mol. The Kier molecular flexibility index (Phi) is 6.26. The van der Waals surface area contributed by atoms with Gasteiger partial charge in [-0.1, -0.05) is 30.3 Å². The van der Waals surface area contributed by atoms with Gasteiger partial charge < -0.3 is 9.47 Å². The van der Waals surface area contributed by atoms with Gasteiger partial charge in [-0.15, -0.1) is 13.2 Å². The van der Waals surface area contributed by atoms with Gasteiger partial charge >= 0.3 is 6.36 Å². The van der Waals surface area contributed by atoms with E-state index in [9.17, 15) is 21.6 Å². The number of alkyl halides is 3. The molecule has 3 rings (SSSR count). The molecule has 2 aromatic rings. The van der Waals surface area contributed by atoms with Gasteiger partial charge in [0.2, 0.25) is 10.0 Å². The lowest BCUT2D eigenvalue weighted by molar-refractivity contribution is -0.274. The number of benzene rings is 2. The first-order valence-electron chi connectivity index (χ1n) is 8.75. The van der Waals surface area contributed by atoms with Gasteiger partial charge in [0.25, 0.3) is 0 Å². The highest BCUT2D eigenvalue weighted by Gasteiger charge is 2.32. The van der Waals surface area contributed by atoms with E-state index in [2.05, 4.69) is 4.74 Å². The minimum atomic E-state index is -4.82. The number of sulfonamides is 1. The van der Waals surface area contributed by atoms with Crippen molar-refractivity contribution in [1.82, 2.24) is 4.31 Å². The maximum Gasteiger partial charge on any atom is 0.573 e. The highest BCUT2D eigenvalue weighted by atomic mass is 32.2. The smallest absolute Gasteiger partial charge is 0.406 e. The Morgan fingerprint density at radius 1 is 0.964 bits per heavy atom. The molecule has 0 saturated carbocycles. The van der Waals surface area contributed by atoms with Gasteiger partial charge in [0.1, 0.15) is 5.75 Å². The second-order valence-electron chi connectivity index (χ2n) is 6.42. The summed E-state index contributed by atoms with van der Waals surface area (Å²) in [7, 11) is -3.77. The Hall–Kier alpha value is -2.10. The molecule has 1 saturated heterocycles. The molecular formula is C19H20F3NO4S. The van der Waals surface area contributed by atoms with E-state index in [1.54, 1.807) is 0 Å². The maximum absolute atomic E-state index is 12.7. The molecule has 9 heteroatoms. The number of nitrogens with zero attached hydrogens (tertiary/aromatic N) is 1. The Labute approximate surface area is 161 Å². The second-order valence-corrected chi connectivity index (χ2v) is 8.36. The quantitative estimate of drug-likeness (QED) is 0.717. The topological polar surface area (TPSA) is 55.8 Å². The summed E-state index contributed by atoms with van der Waals surface area (Å²) < 4.78 is 73.0. The lowest BCUT2D eigenvalue weighted by atomic mass is 10.1. The summed E-state index contributed by atoms with van der Waals surface area (Å²) in [4.78, 5) is -0.0642. The van der Waals surface area contributed by atoms with Crippen LogP contribution in [0.3, 0.4) is 0 Å². The van der Waals surface area contributed by atoms with E-state index in [-0.39, 0.29) is 11.0 Å². The van der Waals surface area contributed by atoms with Gasteiger partial charge in [0.15, 0.2) is 0 Å². The molecule has 0 atom stereocenters. The van der Waals surface area contributed by atoms with Crippen LogP contribution in [0.2, 0.25) is 0 Å². The van der Waals surface area contributed by atoms with E-state index in [4.69, 9.17) is 4.74 Å². The molecule has 0 N–H and O–H groups in total. The number of piperidine rings is 1. The van der Waals surface area contributed by atoms with Crippen LogP contribution in [0.25, 0.3) is 0 Å². The average Bonchev–Trinajstić information content (AvgIpc) is 2.67. The van der Waals surface area contributed by atoms with Gasteiger partial charge in [-0.05, 0) is 42.7 Å². The Bertz CT molecular complexity index is 862. The molecule has 0 radical (unpaired) electrons. The number of rotatable bonds is 6. The van der Waals surface area contributed by atoms with E-state index in [1.165, 1.54) is 4.31 Å². The number of ether oxygens (including phenoxy) is 2. The summed E-state index contributed by atoms with van der Waals surface area (Å²) in [6.45, 7) is 1.06. The van der Waals surface area contributed by atoms with Crippen molar-refractivity contribution in [3.63, 3.8) is 0 Å². The van der Waals surface area contributed by atoms with Crippen molar-refractivity contribution >= 4 is 10.0 Å². The van der Waals surface area contributed by atoms with E-state index in [0.717, 1.165) is 29.8 Å². The molecule has 152 valence electrons. The molecular weight excluding hydrogens is 395 g/mol. The van der Waals surface area contributed by atoms with Crippen molar-refractivity contribution in [2.24, 2.45) is 0 Å². The van der Waals surface area contributed by atoms with Crippen LogP contribution in [0.15, 0.2) is 59.5 Å². The van der Waals surface area contributed by atoms with Gasteiger partial charge in [-0.25, -0.2) is 8.42 Å². The fraction of sp³-hybridized carbons (Fsp3) is 0.368. The van der Waals surface area contributed by atoms with Crippen molar-refractivity contribution in [3.8, 4) is 5.75 Å². The number of hydrogen-bond donors (Lipinski definition) is 0. The predicted octanol–water partition coefficient (Wildman–Crippen LogP) is 3.96. The molecule has 0 aliphatic carbocycles. The first kappa shape index (κ1) is 20.6. The van der Waals surface area contributed by atoms with Crippen LogP contribution in [0.4, 0.5) is 13.2 Å². The van der Waals surface area contributed by atoms with Crippen LogP contribution in [0.1, 0.15) is 18.4 Å². The monoisotopic (exact) mass is 415 g/mol. The minimum Gasteiger partial charge on any atom is -0.406 e. The van der Waals surface area contributed by atoms with E-state index in [0.29, 0.717) is 32.5 Å². The van der Waals surface area contributed by atoms with E-state index >= 15 is 0 Å². The summed E-state index contributed by atoms with van der Waals surface area (Å²) >= 11 is 0. The van der Waals surface area contributed by atoms with Crippen molar-refractivity contribution < 1.29 is 31.1 Å². The zero-order valence-corrected chi connectivity index (χ0v) is 15.7. The largest absolute Gasteiger partial charge is 0.573 e. The highest BCUT2D eigenvalue weighted by molar-refractivity contribution is 7.89. The summed E-state index contributed by atoms with van der Waals surface area (Å²) in [5, 5.41) is 0. The summed E-state index contributed by atoms with van der Waals surface area (Å²) in [6, 6.07) is 13.9. The lowest BCUT2D eigenvalue weighted by Crippen LogP contribution is -2.40. The summed E-state index contributed by atoms with van der Waals surface area (Å²) in [6.07, 6.45) is -3.74. The first-order valence-corrected chi connectivity index (χ1v) is 10.2. The summed E-state index contributed by atoms with van der Waals surface area (Å²) in [5.41, 5.74) is 1.05. The van der Waals surface area contributed by atoms with E-state index < -0.39 is 22.1 Å². The van der Waals surface area contributed by atoms with Crippen LogP contribution < -0.4 is 4.74 Å². The van der Waals surface area contributed by atoms with Crippen molar-refractivity contribution in [2.45, 2.75) is 36.8 Å². The van der Waals surface area contributed by atoms with Crippen LogP contribution >= 0.6 is 0 Å². The van der Waals surface area contributed by atoms with Crippen molar-refractivity contribution in [1.29, 1.82) is 0 Å². The predicted molar refractivity (Wildman–Crippen MR) is 96.1 cm³/mol.